The summed E-state index contributed by atoms with van der Waals surface area (Å²) >= 11 is 0. The molecular formula is C23H29N3O5. The van der Waals surface area contributed by atoms with Gasteiger partial charge < -0.3 is 24.7 Å². The topological polar surface area (TPSA) is 101 Å². The van der Waals surface area contributed by atoms with Crippen LogP contribution in [0.3, 0.4) is 0 Å². The molecule has 0 radical (unpaired) electrons. The van der Waals surface area contributed by atoms with Gasteiger partial charge in [0.1, 0.15) is 12.3 Å². The van der Waals surface area contributed by atoms with E-state index in [2.05, 4.69) is 10.3 Å². The maximum atomic E-state index is 13.2. The van der Waals surface area contributed by atoms with Gasteiger partial charge in [-0.3, -0.25) is 9.59 Å². The Morgan fingerprint density at radius 3 is 2.61 bits per heavy atom. The van der Waals surface area contributed by atoms with Gasteiger partial charge in [0.25, 0.3) is 5.91 Å². The molecule has 166 valence electrons. The third-order valence-corrected chi connectivity index (χ3v) is 5.50. The maximum Gasteiger partial charge on any atom is 0.340 e. The molecule has 0 spiro atoms. The van der Waals surface area contributed by atoms with E-state index in [1.807, 2.05) is 30.3 Å². The van der Waals surface area contributed by atoms with Crippen LogP contribution in [0.25, 0.3) is 0 Å². The number of methoxy groups -OCH3 is 1. The molecule has 2 heterocycles. The summed E-state index contributed by atoms with van der Waals surface area (Å²) in [5.74, 6) is -1.08. The van der Waals surface area contributed by atoms with E-state index in [0.29, 0.717) is 42.2 Å². The van der Waals surface area contributed by atoms with Gasteiger partial charge in [-0.25, -0.2) is 4.79 Å². The second-order valence-corrected chi connectivity index (χ2v) is 7.70. The molecule has 2 N–H and O–H groups in total. The molecule has 1 saturated heterocycles. The molecule has 2 aromatic rings. The molecule has 1 aliphatic heterocycles. The van der Waals surface area contributed by atoms with E-state index in [1.54, 1.807) is 18.7 Å². The highest BCUT2D eigenvalue weighted by Gasteiger charge is 2.31. The Hall–Kier alpha value is -3.13. The van der Waals surface area contributed by atoms with E-state index in [-0.39, 0.29) is 24.3 Å². The summed E-state index contributed by atoms with van der Waals surface area (Å²) in [4.78, 5) is 43.0. The van der Waals surface area contributed by atoms with Crippen LogP contribution in [0.4, 0.5) is 5.69 Å². The van der Waals surface area contributed by atoms with Crippen LogP contribution in [0.15, 0.2) is 30.3 Å². The van der Waals surface area contributed by atoms with Crippen LogP contribution in [0.5, 0.6) is 0 Å². The Morgan fingerprint density at radius 1 is 1.16 bits per heavy atom. The van der Waals surface area contributed by atoms with Gasteiger partial charge in [0.2, 0.25) is 5.91 Å². The van der Waals surface area contributed by atoms with Crippen molar-refractivity contribution in [2.45, 2.75) is 26.7 Å². The molecule has 8 heteroatoms. The number of nitrogens with zero attached hydrogens (tertiary/aromatic N) is 1. The van der Waals surface area contributed by atoms with Crippen LogP contribution in [-0.2, 0) is 14.3 Å². The molecule has 0 aliphatic carbocycles. The summed E-state index contributed by atoms with van der Waals surface area (Å²) in [6.07, 6.45) is 1.46. The zero-order valence-electron chi connectivity index (χ0n) is 18.2. The summed E-state index contributed by atoms with van der Waals surface area (Å²) < 4.78 is 10.1. The van der Waals surface area contributed by atoms with Gasteiger partial charge in [0.05, 0.1) is 18.1 Å². The number of para-hydroxylation sites is 1. The number of carbonyl (C=O) groups excluding carboxylic acids is 3. The van der Waals surface area contributed by atoms with Crippen molar-refractivity contribution in [3.63, 3.8) is 0 Å². The van der Waals surface area contributed by atoms with E-state index in [0.717, 1.165) is 18.5 Å². The number of aryl methyl sites for hydroxylation is 1. The zero-order chi connectivity index (χ0) is 22.4. The summed E-state index contributed by atoms with van der Waals surface area (Å²) in [6, 6.07) is 9.28. The number of rotatable bonds is 7. The highest BCUT2D eigenvalue weighted by molar-refractivity contribution is 6.01. The lowest BCUT2D eigenvalue weighted by atomic mass is 9.96. The minimum Gasteiger partial charge on any atom is -0.460 e. The van der Waals surface area contributed by atoms with E-state index < -0.39 is 5.97 Å². The fourth-order valence-corrected chi connectivity index (χ4v) is 3.86. The predicted molar refractivity (Wildman–Crippen MR) is 116 cm³/mol. The van der Waals surface area contributed by atoms with E-state index in [9.17, 15) is 14.4 Å². The maximum absolute atomic E-state index is 13.2. The van der Waals surface area contributed by atoms with Gasteiger partial charge in [-0.2, -0.15) is 0 Å². The minimum absolute atomic E-state index is 0.0921. The van der Waals surface area contributed by atoms with Crippen molar-refractivity contribution in [1.29, 1.82) is 0 Å². The number of ether oxygens (including phenoxy) is 2. The molecule has 8 nitrogen and oxygen atoms in total. The number of amides is 2. The van der Waals surface area contributed by atoms with E-state index in [1.165, 1.54) is 7.11 Å². The first-order chi connectivity index (χ1) is 14.9. The Balaban J connectivity index is 1.69. The highest BCUT2D eigenvalue weighted by Crippen LogP contribution is 2.24. The molecule has 1 aromatic carbocycles. The highest BCUT2D eigenvalue weighted by atomic mass is 16.6. The number of anilines is 1. The number of hydrogen-bond acceptors (Lipinski definition) is 5. The molecule has 1 aromatic heterocycles. The average Bonchev–Trinajstić information content (AvgIpc) is 3.08. The van der Waals surface area contributed by atoms with Crippen molar-refractivity contribution in [3.8, 4) is 0 Å². The molecule has 1 fully saturated rings. The summed E-state index contributed by atoms with van der Waals surface area (Å²) in [5.41, 5.74) is 2.61. The number of esters is 1. The quantitative estimate of drug-likeness (QED) is 0.523. The Labute approximate surface area is 181 Å². The lowest BCUT2D eigenvalue weighted by Gasteiger charge is -2.32. The molecule has 1 atom stereocenters. The van der Waals surface area contributed by atoms with Gasteiger partial charge in [-0.05, 0) is 44.4 Å². The number of nitrogens with one attached hydrogen (secondary N) is 2. The van der Waals surface area contributed by atoms with Crippen molar-refractivity contribution >= 4 is 23.5 Å². The number of carbonyl (C=O) groups is 3. The number of H-pyrrole nitrogens is 1. The lowest BCUT2D eigenvalue weighted by Crippen LogP contribution is -2.44. The third-order valence-electron chi connectivity index (χ3n) is 5.50. The molecule has 3 rings (SSSR count). The number of likely N-dealkylation sites (tertiary alicyclic amines) is 1. The molecule has 2 amide bonds. The molecule has 1 unspecified atom stereocenters. The van der Waals surface area contributed by atoms with E-state index >= 15 is 0 Å². The second kappa shape index (κ2) is 10.3. The number of aromatic nitrogens is 1. The normalized spacial score (nSPS) is 16.1. The molecule has 0 saturated carbocycles. The average molecular weight is 428 g/mol. The van der Waals surface area contributed by atoms with Crippen molar-refractivity contribution in [2.24, 2.45) is 5.92 Å². The first kappa shape index (κ1) is 22.6. The molecular weight excluding hydrogens is 398 g/mol. The molecule has 1 aliphatic rings. The van der Waals surface area contributed by atoms with Crippen LogP contribution < -0.4 is 5.32 Å². The van der Waals surface area contributed by atoms with Gasteiger partial charge >= 0.3 is 5.97 Å². The zero-order valence-corrected chi connectivity index (χ0v) is 18.2. The van der Waals surface area contributed by atoms with Crippen molar-refractivity contribution < 1.29 is 23.9 Å². The van der Waals surface area contributed by atoms with Crippen LogP contribution in [-0.4, -0.2) is 61.1 Å². The fraction of sp³-hybridized carbons (Fsp3) is 0.435. The minimum atomic E-state index is -0.485. The SMILES string of the molecule is COCCOC(=O)c1c(C)[nH]c(C(=O)N2CCCC(C(=O)Nc3ccccc3)C2)c1C. The first-order valence-corrected chi connectivity index (χ1v) is 10.4. The lowest BCUT2D eigenvalue weighted by molar-refractivity contribution is -0.121. The van der Waals surface area contributed by atoms with Crippen LogP contribution >= 0.6 is 0 Å². The third kappa shape index (κ3) is 5.32. The molecule has 0 bridgehead atoms. The number of aromatic amines is 1. The molecule has 31 heavy (non-hydrogen) atoms. The van der Waals surface area contributed by atoms with Crippen molar-refractivity contribution in [2.75, 3.05) is 38.7 Å². The van der Waals surface area contributed by atoms with Gasteiger partial charge in [-0.15, -0.1) is 0 Å². The standard InChI is InChI=1S/C23H29N3O5/c1-15-19(23(29)31-13-12-30-3)16(2)24-20(15)22(28)26-11-7-8-17(14-26)21(27)25-18-9-5-4-6-10-18/h4-6,9-10,17,24H,7-8,11-14H2,1-3H3,(H,25,27). The summed E-state index contributed by atoms with van der Waals surface area (Å²) in [7, 11) is 1.53. The second-order valence-electron chi connectivity index (χ2n) is 7.70. The number of piperidine rings is 1. The van der Waals surface area contributed by atoms with Crippen LogP contribution in [0.2, 0.25) is 0 Å². The van der Waals surface area contributed by atoms with Gasteiger partial charge in [0, 0.05) is 31.6 Å². The Morgan fingerprint density at radius 2 is 1.90 bits per heavy atom. The number of benzene rings is 1. The first-order valence-electron chi connectivity index (χ1n) is 10.4. The Kier molecular flexibility index (Phi) is 7.46. The largest absolute Gasteiger partial charge is 0.460 e. The van der Waals surface area contributed by atoms with Crippen LogP contribution in [0.1, 0.15) is 44.9 Å². The van der Waals surface area contributed by atoms with Gasteiger partial charge in [-0.1, -0.05) is 18.2 Å². The van der Waals surface area contributed by atoms with Gasteiger partial charge in [0.15, 0.2) is 0 Å². The number of hydrogen-bond donors (Lipinski definition) is 2. The fourth-order valence-electron chi connectivity index (χ4n) is 3.86. The summed E-state index contributed by atoms with van der Waals surface area (Å²) in [6.45, 7) is 4.82. The van der Waals surface area contributed by atoms with Crippen molar-refractivity contribution in [3.05, 3.63) is 52.8 Å². The Bertz CT molecular complexity index is 938. The smallest absolute Gasteiger partial charge is 0.340 e. The van der Waals surface area contributed by atoms with Crippen LogP contribution in [0, 0.1) is 19.8 Å². The van der Waals surface area contributed by atoms with E-state index in [4.69, 9.17) is 9.47 Å². The van der Waals surface area contributed by atoms with Crippen molar-refractivity contribution in [1.82, 2.24) is 9.88 Å². The predicted octanol–water partition coefficient (Wildman–Crippen LogP) is 2.93. The monoisotopic (exact) mass is 427 g/mol. The summed E-state index contributed by atoms with van der Waals surface area (Å²) in [5, 5.41) is 2.92.